The minimum absolute atomic E-state index is 0.255. The first-order valence-electron chi connectivity index (χ1n) is 7.17. The van der Waals surface area contributed by atoms with E-state index >= 15 is 0 Å². The van der Waals surface area contributed by atoms with Crippen molar-refractivity contribution in [3.8, 4) is 11.3 Å². The minimum atomic E-state index is 0.255. The maximum Gasteiger partial charge on any atom is 0.231 e. The minimum Gasteiger partial charge on any atom is -0.312 e. The molecule has 0 N–H and O–H groups in total. The SMILES string of the molecule is CCc1nc(-c2cc3c4c(c2)CC(=O)N4CCC3)cs1. The zero-order chi connectivity index (χ0) is 13.7. The van der Waals surface area contributed by atoms with Crippen LogP contribution in [0.2, 0.25) is 0 Å². The Kier molecular flexibility index (Phi) is 2.67. The third kappa shape index (κ3) is 1.71. The number of amides is 1. The Morgan fingerprint density at radius 1 is 1.35 bits per heavy atom. The zero-order valence-electron chi connectivity index (χ0n) is 11.5. The third-order valence-electron chi connectivity index (χ3n) is 4.16. The largest absolute Gasteiger partial charge is 0.312 e. The highest BCUT2D eigenvalue weighted by Gasteiger charge is 2.32. The molecule has 3 heterocycles. The van der Waals surface area contributed by atoms with E-state index in [1.54, 1.807) is 11.3 Å². The normalized spacial score (nSPS) is 16.6. The number of aromatic nitrogens is 1. The lowest BCUT2D eigenvalue weighted by Gasteiger charge is -2.25. The fourth-order valence-corrected chi connectivity index (χ4v) is 3.99. The summed E-state index contributed by atoms with van der Waals surface area (Å²) in [5, 5.41) is 3.30. The quantitative estimate of drug-likeness (QED) is 0.848. The van der Waals surface area contributed by atoms with E-state index in [9.17, 15) is 4.79 Å². The van der Waals surface area contributed by atoms with Crippen LogP contribution in [0.5, 0.6) is 0 Å². The number of benzene rings is 1. The van der Waals surface area contributed by atoms with Gasteiger partial charge in [-0.05, 0) is 42.5 Å². The Hall–Kier alpha value is -1.68. The molecular formula is C16H16N2OS. The Labute approximate surface area is 122 Å². The lowest BCUT2D eigenvalue weighted by molar-refractivity contribution is -0.117. The van der Waals surface area contributed by atoms with Crippen LogP contribution in [-0.4, -0.2) is 17.4 Å². The second-order valence-electron chi connectivity index (χ2n) is 5.45. The number of rotatable bonds is 2. The number of hydrogen-bond acceptors (Lipinski definition) is 3. The molecule has 0 unspecified atom stereocenters. The van der Waals surface area contributed by atoms with Crippen LogP contribution in [0.15, 0.2) is 17.5 Å². The van der Waals surface area contributed by atoms with E-state index in [4.69, 9.17) is 0 Å². The Balaban J connectivity index is 1.84. The van der Waals surface area contributed by atoms with E-state index in [1.807, 2.05) is 4.90 Å². The molecule has 102 valence electrons. The first-order valence-corrected chi connectivity index (χ1v) is 8.05. The van der Waals surface area contributed by atoms with Gasteiger partial charge in [-0.25, -0.2) is 4.98 Å². The molecule has 0 aliphatic carbocycles. The predicted octanol–water partition coefficient (Wildman–Crippen LogP) is 3.21. The molecule has 3 nitrogen and oxygen atoms in total. The molecule has 1 aromatic carbocycles. The second-order valence-corrected chi connectivity index (χ2v) is 6.39. The molecule has 0 radical (unpaired) electrons. The summed E-state index contributed by atoms with van der Waals surface area (Å²) < 4.78 is 0. The molecule has 2 aliphatic heterocycles. The molecule has 1 amide bonds. The number of aryl methyl sites for hydroxylation is 2. The second kappa shape index (κ2) is 4.42. The number of carbonyl (C=O) groups excluding carboxylic acids is 1. The van der Waals surface area contributed by atoms with Crippen LogP contribution in [0.25, 0.3) is 11.3 Å². The van der Waals surface area contributed by atoms with Crippen molar-refractivity contribution in [3.63, 3.8) is 0 Å². The molecule has 0 fully saturated rings. The lowest BCUT2D eigenvalue weighted by Crippen LogP contribution is -2.31. The van der Waals surface area contributed by atoms with Gasteiger partial charge in [-0.1, -0.05) is 6.92 Å². The van der Waals surface area contributed by atoms with Crippen molar-refractivity contribution < 1.29 is 4.79 Å². The number of thiazole rings is 1. The maximum absolute atomic E-state index is 12.1. The third-order valence-corrected chi connectivity index (χ3v) is 5.15. The van der Waals surface area contributed by atoms with E-state index in [1.165, 1.54) is 27.4 Å². The maximum atomic E-state index is 12.1. The van der Waals surface area contributed by atoms with Crippen LogP contribution in [0.3, 0.4) is 0 Å². The van der Waals surface area contributed by atoms with Crippen molar-refractivity contribution in [1.29, 1.82) is 0 Å². The molecule has 0 saturated carbocycles. The molecule has 0 atom stereocenters. The highest BCUT2D eigenvalue weighted by atomic mass is 32.1. The van der Waals surface area contributed by atoms with Gasteiger partial charge in [0.1, 0.15) is 0 Å². The van der Waals surface area contributed by atoms with Gasteiger partial charge in [-0.15, -0.1) is 11.3 Å². The average molecular weight is 284 g/mol. The van der Waals surface area contributed by atoms with E-state index in [-0.39, 0.29) is 5.91 Å². The summed E-state index contributed by atoms with van der Waals surface area (Å²) >= 11 is 1.72. The first-order chi connectivity index (χ1) is 9.76. The van der Waals surface area contributed by atoms with Crippen molar-refractivity contribution >= 4 is 22.9 Å². The Morgan fingerprint density at radius 2 is 2.20 bits per heavy atom. The topological polar surface area (TPSA) is 33.2 Å². The van der Waals surface area contributed by atoms with Gasteiger partial charge in [0, 0.05) is 17.5 Å². The van der Waals surface area contributed by atoms with Crippen LogP contribution < -0.4 is 4.90 Å². The summed E-state index contributed by atoms with van der Waals surface area (Å²) in [6, 6.07) is 4.40. The molecule has 2 aliphatic rings. The summed E-state index contributed by atoms with van der Waals surface area (Å²) in [7, 11) is 0. The van der Waals surface area contributed by atoms with Crippen molar-refractivity contribution in [3.05, 3.63) is 33.6 Å². The fourth-order valence-electron chi connectivity index (χ4n) is 3.23. The van der Waals surface area contributed by atoms with E-state index < -0.39 is 0 Å². The van der Waals surface area contributed by atoms with Crippen LogP contribution in [-0.2, 0) is 24.1 Å². The summed E-state index contributed by atoms with van der Waals surface area (Å²) in [4.78, 5) is 18.7. The molecule has 0 bridgehead atoms. The van der Waals surface area contributed by atoms with Crippen molar-refractivity contribution in [1.82, 2.24) is 4.98 Å². The molecule has 20 heavy (non-hydrogen) atoms. The molecule has 1 aromatic heterocycles. The Bertz CT molecular complexity index is 704. The van der Waals surface area contributed by atoms with Crippen molar-refractivity contribution in [2.24, 2.45) is 0 Å². The summed E-state index contributed by atoms with van der Waals surface area (Å²) in [5.41, 5.74) is 5.93. The van der Waals surface area contributed by atoms with Crippen LogP contribution >= 0.6 is 11.3 Å². The van der Waals surface area contributed by atoms with Gasteiger partial charge in [-0.2, -0.15) is 0 Å². The summed E-state index contributed by atoms with van der Waals surface area (Å²) in [6.07, 6.45) is 3.68. The van der Waals surface area contributed by atoms with Crippen molar-refractivity contribution in [2.75, 3.05) is 11.4 Å². The summed E-state index contributed by atoms with van der Waals surface area (Å²) in [5.74, 6) is 0.255. The van der Waals surface area contributed by atoms with Crippen molar-refractivity contribution in [2.45, 2.75) is 32.6 Å². The highest BCUT2D eigenvalue weighted by Crippen LogP contribution is 2.39. The van der Waals surface area contributed by atoms with Gasteiger partial charge in [0.05, 0.1) is 22.8 Å². The van der Waals surface area contributed by atoms with Crippen LogP contribution in [0, 0.1) is 0 Å². The zero-order valence-corrected chi connectivity index (χ0v) is 12.3. The van der Waals surface area contributed by atoms with Crippen LogP contribution in [0.4, 0.5) is 5.69 Å². The van der Waals surface area contributed by atoms with E-state index in [2.05, 4.69) is 29.4 Å². The summed E-state index contributed by atoms with van der Waals surface area (Å²) in [6.45, 7) is 3.01. The molecule has 4 rings (SSSR count). The van der Waals surface area contributed by atoms with E-state index in [0.29, 0.717) is 6.42 Å². The van der Waals surface area contributed by atoms with Gasteiger partial charge in [0.2, 0.25) is 5.91 Å². The number of anilines is 1. The first kappa shape index (κ1) is 12.1. The molecule has 0 spiro atoms. The smallest absolute Gasteiger partial charge is 0.231 e. The monoisotopic (exact) mass is 284 g/mol. The number of hydrogen-bond donors (Lipinski definition) is 0. The van der Waals surface area contributed by atoms with Crippen LogP contribution in [0.1, 0.15) is 29.5 Å². The molecule has 4 heteroatoms. The van der Waals surface area contributed by atoms with Gasteiger partial charge in [0.15, 0.2) is 0 Å². The van der Waals surface area contributed by atoms with Gasteiger partial charge >= 0.3 is 0 Å². The molecule has 2 aromatic rings. The highest BCUT2D eigenvalue weighted by molar-refractivity contribution is 7.09. The Morgan fingerprint density at radius 3 is 3.00 bits per heavy atom. The predicted molar refractivity (Wildman–Crippen MR) is 81.3 cm³/mol. The van der Waals surface area contributed by atoms with Gasteiger partial charge in [0.25, 0.3) is 0 Å². The van der Waals surface area contributed by atoms with Gasteiger partial charge < -0.3 is 4.90 Å². The lowest BCUT2D eigenvalue weighted by atomic mass is 9.96. The standard InChI is InChI=1S/C16H16N2OS/c1-2-14-17-13(9-20-14)11-6-10-4-3-5-18-15(19)8-12(7-11)16(10)18/h6-7,9H,2-5,8H2,1H3. The van der Waals surface area contributed by atoms with Gasteiger partial charge in [-0.3, -0.25) is 4.79 Å². The molecule has 0 saturated heterocycles. The fraction of sp³-hybridized carbons (Fsp3) is 0.375. The average Bonchev–Trinajstić information content (AvgIpc) is 3.06. The van der Waals surface area contributed by atoms with E-state index in [0.717, 1.165) is 31.5 Å². The number of carbonyl (C=O) groups is 1. The molecular weight excluding hydrogens is 268 g/mol. The number of nitrogens with zero attached hydrogens (tertiary/aromatic N) is 2.